The van der Waals surface area contributed by atoms with E-state index in [4.69, 9.17) is 6.15 Å². The van der Waals surface area contributed by atoms with Gasteiger partial charge in [-0.1, -0.05) is 0 Å². The Bertz CT molecular complexity index is 210. The molecule has 0 aromatic carbocycles. The fourth-order valence-corrected chi connectivity index (χ4v) is 13.6. The molecule has 0 aliphatic heterocycles. The number of hydrogen-bond acceptors (Lipinski definition) is 2. The molecule has 2 nitrogen and oxygen atoms in total. The number of unbranched alkanes of at least 4 members (excludes halogenated alkanes) is 8. The molecule has 0 saturated carbocycles. The molecule has 0 aromatic heterocycles. The van der Waals surface area contributed by atoms with Crippen molar-refractivity contribution in [3.63, 3.8) is 0 Å². The Morgan fingerprint density at radius 1 is 0.478 bits per heavy atom. The normalized spacial score (nSPS) is 12.0. The Morgan fingerprint density at radius 3 is 1.22 bits per heavy atom. The van der Waals surface area contributed by atoms with Gasteiger partial charge in [0.1, 0.15) is 0 Å². The topological polar surface area (TPSA) is 18.5 Å². The fourth-order valence-electron chi connectivity index (χ4n) is 2.92. The molecule has 140 valence electrons. The van der Waals surface area contributed by atoms with Crippen molar-refractivity contribution in [2.45, 2.75) is 114 Å². The van der Waals surface area contributed by atoms with Crippen LogP contribution in [0.3, 0.4) is 0 Å². The summed E-state index contributed by atoms with van der Waals surface area (Å²) in [6, 6.07) is 0. The van der Waals surface area contributed by atoms with Gasteiger partial charge in [-0.3, -0.25) is 0 Å². The first-order valence-electron chi connectivity index (χ1n) is 10.5. The predicted molar refractivity (Wildman–Crippen MR) is 105 cm³/mol. The van der Waals surface area contributed by atoms with Crippen molar-refractivity contribution in [1.82, 2.24) is 0 Å². The molecule has 0 aromatic rings. The van der Waals surface area contributed by atoms with Crippen LogP contribution in [0.5, 0.6) is 0 Å². The Kier molecular flexibility index (Phi) is 18.1. The third-order valence-corrected chi connectivity index (χ3v) is 15.1. The van der Waals surface area contributed by atoms with Gasteiger partial charge in [-0.05, 0) is 0 Å². The van der Waals surface area contributed by atoms with E-state index >= 15 is 0 Å². The molecule has 0 radical (unpaired) electrons. The first-order chi connectivity index (χ1) is 11.2. The zero-order valence-electron chi connectivity index (χ0n) is 16.6. The summed E-state index contributed by atoms with van der Waals surface area (Å²) in [5, 5.41) is 0. The van der Waals surface area contributed by atoms with Crippen molar-refractivity contribution in [3.05, 3.63) is 0 Å². The predicted octanol–water partition coefficient (Wildman–Crippen LogP) is 7.22. The quantitative estimate of drug-likeness (QED) is 0.167. The molecule has 0 aliphatic rings. The van der Waals surface area contributed by atoms with Gasteiger partial charge >= 0.3 is 152 Å². The summed E-state index contributed by atoms with van der Waals surface area (Å²) in [7, 11) is 0. The molecule has 0 aliphatic carbocycles. The first-order valence-corrected chi connectivity index (χ1v) is 16.9. The van der Waals surface area contributed by atoms with Gasteiger partial charge in [0.05, 0.1) is 0 Å². The van der Waals surface area contributed by atoms with Crippen molar-refractivity contribution < 1.29 is 6.15 Å². The zero-order valence-corrected chi connectivity index (χ0v) is 19.5. The van der Waals surface area contributed by atoms with E-state index in [1.165, 1.54) is 85.9 Å². The molecule has 0 N–H and O–H groups in total. The van der Waals surface area contributed by atoms with Crippen LogP contribution in [0.15, 0.2) is 0 Å². The molecule has 0 amide bonds. The summed E-state index contributed by atoms with van der Waals surface area (Å²) >= 11 is -2.81. The minimum absolute atomic E-state index is 0.957. The van der Waals surface area contributed by atoms with E-state index in [2.05, 4.69) is 27.7 Å². The van der Waals surface area contributed by atoms with E-state index in [1.807, 2.05) is 0 Å². The van der Waals surface area contributed by atoms with Gasteiger partial charge < -0.3 is 0 Å². The van der Waals surface area contributed by atoms with E-state index in [0.717, 1.165) is 13.2 Å². The summed E-state index contributed by atoms with van der Waals surface area (Å²) < 4.78 is 15.7. The average Bonchev–Trinajstić information content (AvgIpc) is 2.57. The van der Waals surface area contributed by atoms with E-state index in [-0.39, 0.29) is 0 Å². The van der Waals surface area contributed by atoms with Gasteiger partial charge in [-0.25, -0.2) is 0 Å². The van der Waals surface area contributed by atoms with Crippen LogP contribution in [0, 0.1) is 0 Å². The Balaban J connectivity index is 4.40. The van der Waals surface area contributed by atoms with Gasteiger partial charge in [-0.15, -0.1) is 0 Å². The van der Waals surface area contributed by atoms with Crippen LogP contribution >= 0.6 is 0 Å². The van der Waals surface area contributed by atoms with Crippen molar-refractivity contribution in [1.29, 1.82) is 0 Å². The van der Waals surface area contributed by atoms with Gasteiger partial charge in [0, 0.05) is 0 Å². The third kappa shape index (κ3) is 13.7. The van der Waals surface area contributed by atoms with Crippen LogP contribution in [-0.4, -0.2) is 32.4 Å². The van der Waals surface area contributed by atoms with E-state index < -0.39 is 19.2 Å². The molecular weight excluding hydrogens is 391 g/mol. The SMILES string of the molecule is CCCCCC[O][Sn]([CH2]CCC)([CH2]CCC)[O]CCCCCC. The van der Waals surface area contributed by atoms with Crippen LogP contribution in [0.4, 0.5) is 0 Å². The van der Waals surface area contributed by atoms with E-state index in [0.29, 0.717) is 0 Å². The summed E-state index contributed by atoms with van der Waals surface area (Å²) in [4.78, 5) is 0. The summed E-state index contributed by atoms with van der Waals surface area (Å²) in [6.45, 7) is 11.0. The summed E-state index contributed by atoms with van der Waals surface area (Å²) in [5.41, 5.74) is 0. The van der Waals surface area contributed by atoms with Gasteiger partial charge in [0.25, 0.3) is 0 Å². The standard InChI is InChI=1S/2C6H13O.2C4H9.Sn/c2*1-2-3-4-5-6-7;2*1-3-4-2;/h2*2-6H2,1H3;2*1,3-4H2,2H3;/q2*-1;;;+2. The van der Waals surface area contributed by atoms with E-state index in [9.17, 15) is 0 Å². The molecule has 0 bridgehead atoms. The van der Waals surface area contributed by atoms with Crippen molar-refractivity contribution in [3.8, 4) is 0 Å². The number of rotatable bonds is 18. The Hall–Kier alpha value is 0.719. The molecule has 3 heteroatoms. The summed E-state index contributed by atoms with van der Waals surface area (Å²) in [6.07, 6.45) is 15.5. The van der Waals surface area contributed by atoms with Gasteiger partial charge in [0.15, 0.2) is 0 Å². The molecule has 0 saturated heterocycles. The number of hydrogen-bond donors (Lipinski definition) is 0. The average molecular weight is 435 g/mol. The van der Waals surface area contributed by atoms with Crippen LogP contribution in [0.25, 0.3) is 0 Å². The van der Waals surface area contributed by atoms with Crippen LogP contribution in [0.2, 0.25) is 8.87 Å². The molecule has 0 heterocycles. The van der Waals surface area contributed by atoms with Crippen LogP contribution in [0.1, 0.15) is 105 Å². The maximum atomic E-state index is 6.57. The van der Waals surface area contributed by atoms with Crippen molar-refractivity contribution in [2.75, 3.05) is 13.2 Å². The second kappa shape index (κ2) is 17.5. The summed E-state index contributed by atoms with van der Waals surface area (Å²) in [5.74, 6) is 0. The molecule has 0 unspecified atom stereocenters. The third-order valence-electron chi connectivity index (χ3n) is 4.55. The van der Waals surface area contributed by atoms with Crippen LogP contribution < -0.4 is 0 Å². The maximum absolute atomic E-state index is 6.57. The van der Waals surface area contributed by atoms with Gasteiger partial charge in [0.2, 0.25) is 0 Å². The van der Waals surface area contributed by atoms with Crippen molar-refractivity contribution >= 4 is 19.2 Å². The van der Waals surface area contributed by atoms with Crippen molar-refractivity contribution in [2.24, 2.45) is 0 Å². The molecule has 0 atom stereocenters. The second-order valence-electron chi connectivity index (χ2n) is 6.94. The zero-order chi connectivity index (χ0) is 17.2. The van der Waals surface area contributed by atoms with Crippen LogP contribution in [-0.2, 0) is 6.15 Å². The first kappa shape index (κ1) is 23.7. The van der Waals surface area contributed by atoms with E-state index in [1.54, 1.807) is 0 Å². The molecule has 23 heavy (non-hydrogen) atoms. The molecule has 0 rings (SSSR count). The molecule has 0 spiro atoms. The fraction of sp³-hybridized carbons (Fsp3) is 1.00. The molecule has 0 fully saturated rings. The van der Waals surface area contributed by atoms with Gasteiger partial charge in [-0.2, -0.15) is 0 Å². The Labute approximate surface area is 152 Å². The monoisotopic (exact) mass is 436 g/mol. The second-order valence-corrected chi connectivity index (χ2v) is 16.6. The molecular formula is C20H44O2Sn. The minimum atomic E-state index is -2.81. The Morgan fingerprint density at radius 2 is 0.870 bits per heavy atom.